The van der Waals surface area contributed by atoms with Crippen LogP contribution in [0.4, 0.5) is 4.39 Å². The Kier molecular flexibility index (Phi) is 2.79. The van der Waals surface area contributed by atoms with E-state index in [1.807, 2.05) is 6.07 Å². The van der Waals surface area contributed by atoms with Crippen molar-refractivity contribution in [1.82, 2.24) is 0 Å². The highest BCUT2D eigenvalue weighted by Gasteiger charge is 2.14. The molecule has 78 valence electrons. The Morgan fingerprint density at radius 2 is 2.40 bits per heavy atom. The van der Waals surface area contributed by atoms with E-state index in [9.17, 15) is 9.18 Å². The van der Waals surface area contributed by atoms with Gasteiger partial charge in [-0.15, -0.1) is 0 Å². The summed E-state index contributed by atoms with van der Waals surface area (Å²) in [6.45, 7) is 0.657. The van der Waals surface area contributed by atoms with Gasteiger partial charge in [-0.05, 0) is 24.5 Å². The molecule has 3 nitrogen and oxygen atoms in total. The van der Waals surface area contributed by atoms with Crippen molar-refractivity contribution in [2.75, 3.05) is 6.61 Å². The third kappa shape index (κ3) is 2.05. The van der Waals surface area contributed by atoms with Crippen LogP contribution in [0, 0.1) is 0 Å². The number of alkyl halides is 1. The van der Waals surface area contributed by atoms with Crippen LogP contribution in [0.3, 0.4) is 0 Å². The Balaban J connectivity index is 2.31. The van der Waals surface area contributed by atoms with Gasteiger partial charge in [0.25, 0.3) is 0 Å². The molecule has 1 atom stereocenters. The topological polar surface area (TPSA) is 38.7 Å². The van der Waals surface area contributed by atoms with Gasteiger partial charge < -0.3 is 4.74 Å². The molecule has 0 fully saturated rings. The fraction of sp³-hybridized carbons (Fsp3) is 0.364. The number of hydrogen-bond donors (Lipinski definition) is 0. The van der Waals surface area contributed by atoms with E-state index in [-0.39, 0.29) is 0 Å². The molecule has 1 aromatic rings. The number of rotatable bonds is 2. The van der Waals surface area contributed by atoms with Gasteiger partial charge in [-0.3, -0.25) is 0 Å². The van der Waals surface area contributed by atoms with Crippen molar-refractivity contribution in [3.05, 3.63) is 29.3 Å². The minimum atomic E-state index is -1.64. The van der Waals surface area contributed by atoms with E-state index in [2.05, 4.69) is 4.99 Å². The maximum absolute atomic E-state index is 13.2. The Bertz CT molecular complexity index is 413. The lowest BCUT2D eigenvalue weighted by molar-refractivity contribution is 0.286. The van der Waals surface area contributed by atoms with Crippen LogP contribution in [-0.2, 0) is 11.2 Å². The van der Waals surface area contributed by atoms with Gasteiger partial charge in [0.05, 0.1) is 6.61 Å². The first-order valence-corrected chi connectivity index (χ1v) is 4.78. The van der Waals surface area contributed by atoms with Gasteiger partial charge in [-0.2, -0.15) is 4.99 Å². The van der Waals surface area contributed by atoms with E-state index in [1.54, 1.807) is 12.1 Å². The minimum absolute atomic E-state index is 0.332. The molecule has 1 aliphatic heterocycles. The number of aryl methyl sites for hydroxylation is 1. The van der Waals surface area contributed by atoms with Crippen LogP contribution in [-0.4, -0.2) is 12.7 Å². The molecule has 15 heavy (non-hydrogen) atoms. The van der Waals surface area contributed by atoms with Gasteiger partial charge in [0, 0.05) is 5.56 Å². The SMILES string of the molecule is O=C=NC(F)c1ccc2c(c1)OCCC2. The highest BCUT2D eigenvalue weighted by molar-refractivity contribution is 5.41. The predicted octanol–water partition coefficient (Wildman–Crippen LogP) is 2.32. The number of benzene rings is 1. The van der Waals surface area contributed by atoms with Crippen molar-refractivity contribution < 1.29 is 13.9 Å². The normalized spacial score (nSPS) is 15.8. The number of hydrogen-bond acceptors (Lipinski definition) is 3. The standard InChI is InChI=1S/C11H10FNO2/c12-11(13-7-14)9-4-3-8-2-1-5-15-10(8)6-9/h3-4,6,11H,1-2,5H2. The Morgan fingerprint density at radius 1 is 1.53 bits per heavy atom. The Labute approximate surface area is 86.6 Å². The lowest BCUT2D eigenvalue weighted by Crippen LogP contribution is -2.08. The molecule has 0 N–H and O–H groups in total. The van der Waals surface area contributed by atoms with Crippen LogP contribution in [0.5, 0.6) is 5.75 Å². The van der Waals surface area contributed by atoms with Crippen molar-refractivity contribution in [2.24, 2.45) is 4.99 Å². The molecule has 1 unspecified atom stereocenters. The predicted molar refractivity (Wildman–Crippen MR) is 52.2 cm³/mol. The molecular formula is C11H10FNO2. The van der Waals surface area contributed by atoms with E-state index in [4.69, 9.17) is 4.74 Å². The number of isocyanates is 1. The highest BCUT2D eigenvalue weighted by atomic mass is 19.1. The monoisotopic (exact) mass is 207 g/mol. The van der Waals surface area contributed by atoms with Gasteiger partial charge in [0.2, 0.25) is 12.4 Å². The number of fused-ring (bicyclic) bond motifs is 1. The second-order valence-corrected chi connectivity index (χ2v) is 3.38. The Morgan fingerprint density at radius 3 is 3.20 bits per heavy atom. The summed E-state index contributed by atoms with van der Waals surface area (Å²) in [6, 6.07) is 5.04. The van der Waals surface area contributed by atoms with Crippen molar-refractivity contribution in [3.63, 3.8) is 0 Å². The van der Waals surface area contributed by atoms with Crippen molar-refractivity contribution in [2.45, 2.75) is 19.1 Å². The molecule has 1 heterocycles. The summed E-state index contributed by atoms with van der Waals surface area (Å²) in [5.74, 6) is 0.697. The first-order chi connectivity index (χ1) is 7.31. The van der Waals surface area contributed by atoms with Crippen LogP contribution in [0.2, 0.25) is 0 Å². The van der Waals surface area contributed by atoms with Crippen LogP contribution in [0.15, 0.2) is 23.2 Å². The average Bonchev–Trinajstić information content (AvgIpc) is 2.29. The maximum Gasteiger partial charge on any atom is 0.238 e. The summed E-state index contributed by atoms with van der Waals surface area (Å²) in [6.07, 6.45) is 1.50. The molecular weight excluding hydrogens is 197 g/mol. The van der Waals surface area contributed by atoms with Crippen molar-refractivity contribution in [3.8, 4) is 5.75 Å². The quantitative estimate of drug-likeness (QED) is 0.424. The first kappa shape index (κ1) is 9.87. The van der Waals surface area contributed by atoms with Crippen LogP contribution in [0.1, 0.15) is 23.8 Å². The smallest absolute Gasteiger partial charge is 0.238 e. The molecule has 1 aromatic carbocycles. The number of ether oxygens (including phenoxy) is 1. The average molecular weight is 207 g/mol. The molecule has 0 amide bonds. The highest BCUT2D eigenvalue weighted by Crippen LogP contribution is 2.29. The van der Waals surface area contributed by atoms with Gasteiger partial charge in [0.15, 0.2) is 0 Å². The van der Waals surface area contributed by atoms with Crippen LogP contribution in [0.25, 0.3) is 0 Å². The molecule has 1 aliphatic rings. The molecule has 0 aliphatic carbocycles. The zero-order chi connectivity index (χ0) is 10.7. The van der Waals surface area contributed by atoms with Gasteiger partial charge >= 0.3 is 0 Å². The summed E-state index contributed by atoms with van der Waals surface area (Å²) in [4.78, 5) is 12.9. The first-order valence-electron chi connectivity index (χ1n) is 4.78. The van der Waals surface area contributed by atoms with E-state index in [0.717, 1.165) is 18.4 Å². The van der Waals surface area contributed by atoms with Crippen molar-refractivity contribution in [1.29, 1.82) is 0 Å². The summed E-state index contributed by atoms with van der Waals surface area (Å²) >= 11 is 0. The molecule has 0 saturated heterocycles. The van der Waals surface area contributed by atoms with E-state index in [0.29, 0.717) is 17.9 Å². The molecule has 0 aromatic heterocycles. The van der Waals surface area contributed by atoms with E-state index >= 15 is 0 Å². The largest absolute Gasteiger partial charge is 0.493 e. The molecule has 0 bridgehead atoms. The molecule has 2 rings (SSSR count). The van der Waals surface area contributed by atoms with E-state index in [1.165, 1.54) is 6.08 Å². The molecule has 0 spiro atoms. The van der Waals surface area contributed by atoms with E-state index < -0.39 is 6.30 Å². The summed E-state index contributed by atoms with van der Waals surface area (Å²) < 4.78 is 18.6. The van der Waals surface area contributed by atoms with Gasteiger partial charge in [0.1, 0.15) is 5.75 Å². The minimum Gasteiger partial charge on any atom is -0.493 e. The fourth-order valence-electron chi connectivity index (χ4n) is 1.63. The second-order valence-electron chi connectivity index (χ2n) is 3.38. The van der Waals surface area contributed by atoms with Crippen molar-refractivity contribution >= 4 is 6.08 Å². The fourth-order valence-corrected chi connectivity index (χ4v) is 1.63. The summed E-state index contributed by atoms with van der Waals surface area (Å²) in [5, 5.41) is 0. The zero-order valence-corrected chi connectivity index (χ0v) is 8.07. The number of halogens is 1. The number of aliphatic imine (C=N–C) groups is 1. The molecule has 0 radical (unpaired) electrons. The lowest BCUT2D eigenvalue weighted by atomic mass is 10.0. The van der Waals surface area contributed by atoms with Crippen LogP contribution < -0.4 is 4.74 Å². The van der Waals surface area contributed by atoms with Gasteiger partial charge in [-0.25, -0.2) is 9.18 Å². The zero-order valence-electron chi connectivity index (χ0n) is 8.07. The second kappa shape index (κ2) is 4.24. The maximum atomic E-state index is 13.2. The number of nitrogens with zero attached hydrogens (tertiary/aromatic N) is 1. The number of carbonyl (C=O) groups excluding carboxylic acids is 1. The third-order valence-corrected chi connectivity index (χ3v) is 2.38. The van der Waals surface area contributed by atoms with Gasteiger partial charge in [-0.1, -0.05) is 12.1 Å². The third-order valence-electron chi connectivity index (χ3n) is 2.38. The Hall–Kier alpha value is -1.67. The lowest BCUT2D eigenvalue weighted by Gasteiger charge is -2.17. The molecule has 4 heteroatoms. The summed E-state index contributed by atoms with van der Waals surface area (Å²) in [5.41, 5.74) is 1.41. The van der Waals surface area contributed by atoms with Crippen LogP contribution >= 0.6 is 0 Å². The molecule has 0 saturated carbocycles. The summed E-state index contributed by atoms with van der Waals surface area (Å²) in [7, 11) is 0.